The lowest BCUT2D eigenvalue weighted by Gasteiger charge is -2.15. The summed E-state index contributed by atoms with van der Waals surface area (Å²) >= 11 is 0. The van der Waals surface area contributed by atoms with Gasteiger partial charge in [-0.2, -0.15) is 13.2 Å². The maximum absolute atomic E-state index is 12.6. The van der Waals surface area contributed by atoms with E-state index in [1.807, 2.05) is 0 Å². The van der Waals surface area contributed by atoms with Crippen LogP contribution in [0.4, 0.5) is 13.2 Å². The number of carboxylic acid groups (broad SMARTS) is 1. The van der Waals surface area contributed by atoms with E-state index in [9.17, 15) is 18.0 Å². The van der Waals surface area contributed by atoms with Crippen LogP contribution < -0.4 is 4.74 Å². The van der Waals surface area contributed by atoms with E-state index in [1.165, 1.54) is 6.07 Å². The van der Waals surface area contributed by atoms with Gasteiger partial charge in [0.25, 0.3) is 0 Å². The molecule has 0 aromatic heterocycles. The SMILES string of the molecule is CCC(C(=O)O)c1ccc(C(F)(F)F)c(OC)c1. The van der Waals surface area contributed by atoms with E-state index in [1.54, 1.807) is 6.92 Å². The van der Waals surface area contributed by atoms with E-state index in [-0.39, 0.29) is 5.75 Å². The molecule has 6 heteroatoms. The first-order valence-corrected chi connectivity index (χ1v) is 5.29. The third kappa shape index (κ3) is 2.94. The minimum absolute atomic E-state index is 0.295. The van der Waals surface area contributed by atoms with Gasteiger partial charge in [0.2, 0.25) is 0 Å². The molecule has 1 rings (SSSR count). The van der Waals surface area contributed by atoms with Crippen LogP contribution in [0.5, 0.6) is 5.75 Å². The molecule has 0 aliphatic rings. The molecule has 0 radical (unpaired) electrons. The molecule has 18 heavy (non-hydrogen) atoms. The van der Waals surface area contributed by atoms with Gasteiger partial charge in [-0.25, -0.2) is 0 Å². The van der Waals surface area contributed by atoms with Crippen molar-refractivity contribution in [1.29, 1.82) is 0 Å². The number of aliphatic carboxylic acids is 1. The fourth-order valence-electron chi connectivity index (χ4n) is 1.71. The van der Waals surface area contributed by atoms with Crippen molar-refractivity contribution >= 4 is 5.97 Å². The highest BCUT2D eigenvalue weighted by atomic mass is 19.4. The largest absolute Gasteiger partial charge is 0.496 e. The van der Waals surface area contributed by atoms with E-state index in [0.717, 1.165) is 19.2 Å². The Hall–Kier alpha value is -1.72. The number of hydrogen-bond acceptors (Lipinski definition) is 2. The summed E-state index contributed by atoms with van der Waals surface area (Å²) in [5, 5.41) is 8.96. The monoisotopic (exact) mass is 262 g/mol. The normalized spacial score (nSPS) is 13.2. The van der Waals surface area contributed by atoms with E-state index >= 15 is 0 Å². The highest BCUT2D eigenvalue weighted by molar-refractivity contribution is 5.76. The van der Waals surface area contributed by atoms with Crippen LogP contribution in [0.3, 0.4) is 0 Å². The predicted molar refractivity (Wildman–Crippen MR) is 58.7 cm³/mol. The lowest BCUT2D eigenvalue weighted by molar-refractivity contribution is -0.139. The number of rotatable bonds is 4. The molecule has 0 aliphatic carbocycles. The Labute approximate surface area is 102 Å². The van der Waals surface area contributed by atoms with Crippen LogP contribution in [0.2, 0.25) is 0 Å². The first kappa shape index (κ1) is 14.3. The number of halogens is 3. The molecule has 3 nitrogen and oxygen atoms in total. The van der Waals surface area contributed by atoms with E-state index in [2.05, 4.69) is 4.74 Å². The maximum atomic E-state index is 12.6. The van der Waals surface area contributed by atoms with Crippen LogP contribution in [-0.4, -0.2) is 18.2 Å². The Morgan fingerprint density at radius 2 is 2.06 bits per heavy atom. The molecular weight excluding hydrogens is 249 g/mol. The summed E-state index contributed by atoms with van der Waals surface area (Å²) in [7, 11) is 1.12. The number of ether oxygens (including phenoxy) is 1. The molecule has 100 valence electrons. The molecule has 1 aromatic rings. The average Bonchev–Trinajstić information content (AvgIpc) is 2.27. The summed E-state index contributed by atoms with van der Waals surface area (Å²) in [6, 6.07) is 3.15. The van der Waals surface area contributed by atoms with E-state index < -0.39 is 23.6 Å². The third-order valence-corrected chi connectivity index (χ3v) is 2.64. The standard InChI is InChI=1S/C12H13F3O3/c1-3-8(11(16)17)7-4-5-9(12(13,14)15)10(6-7)18-2/h4-6,8H,3H2,1-2H3,(H,16,17). The van der Waals surface area contributed by atoms with Crippen molar-refractivity contribution in [2.24, 2.45) is 0 Å². The topological polar surface area (TPSA) is 46.5 Å². The molecule has 1 unspecified atom stereocenters. The summed E-state index contributed by atoms with van der Waals surface area (Å²) < 4.78 is 42.5. The molecule has 0 heterocycles. The van der Waals surface area contributed by atoms with Crippen LogP contribution in [-0.2, 0) is 11.0 Å². The number of methoxy groups -OCH3 is 1. The van der Waals surface area contributed by atoms with E-state index in [4.69, 9.17) is 5.11 Å². The summed E-state index contributed by atoms with van der Waals surface area (Å²) in [5.41, 5.74) is -0.608. The van der Waals surface area contributed by atoms with E-state index in [0.29, 0.717) is 12.0 Å². The number of alkyl halides is 3. The minimum atomic E-state index is -4.52. The predicted octanol–water partition coefficient (Wildman–Crippen LogP) is 3.29. The van der Waals surface area contributed by atoms with Gasteiger partial charge in [0.1, 0.15) is 5.75 Å². The Morgan fingerprint density at radius 1 is 1.44 bits per heavy atom. The number of carboxylic acids is 1. The molecular formula is C12H13F3O3. The van der Waals surface area contributed by atoms with Crippen molar-refractivity contribution in [1.82, 2.24) is 0 Å². The number of benzene rings is 1. The van der Waals surface area contributed by atoms with Crippen LogP contribution >= 0.6 is 0 Å². The zero-order valence-corrected chi connectivity index (χ0v) is 9.91. The quantitative estimate of drug-likeness (QED) is 0.905. The van der Waals surface area contributed by atoms with Gasteiger partial charge in [-0.15, -0.1) is 0 Å². The molecule has 0 saturated heterocycles. The second-order valence-corrected chi connectivity index (χ2v) is 3.76. The third-order valence-electron chi connectivity index (χ3n) is 2.64. The van der Waals surface area contributed by atoms with Gasteiger partial charge >= 0.3 is 12.1 Å². The van der Waals surface area contributed by atoms with Crippen LogP contribution in [0.25, 0.3) is 0 Å². The van der Waals surface area contributed by atoms with Gasteiger partial charge in [-0.05, 0) is 24.1 Å². The molecule has 0 fully saturated rings. The van der Waals surface area contributed by atoms with Gasteiger partial charge in [-0.3, -0.25) is 4.79 Å². The Kier molecular flexibility index (Phi) is 4.21. The van der Waals surface area contributed by atoms with Crippen molar-refractivity contribution in [3.05, 3.63) is 29.3 Å². The Morgan fingerprint density at radius 3 is 2.44 bits per heavy atom. The van der Waals surface area contributed by atoms with Gasteiger partial charge in [0, 0.05) is 0 Å². The summed E-state index contributed by atoms with van der Waals surface area (Å²) in [6.45, 7) is 1.66. The lowest BCUT2D eigenvalue weighted by atomic mass is 9.95. The van der Waals surface area contributed by atoms with Crippen molar-refractivity contribution in [3.63, 3.8) is 0 Å². The molecule has 1 N–H and O–H groups in total. The molecule has 0 saturated carbocycles. The maximum Gasteiger partial charge on any atom is 0.419 e. The van der Waals surface area contributed by atoms with Crippen LogP contribution in [0, 0.1) is 0 Å². The molecule has 0 aliphatic heterocycles. The Bertz CT molecular complexity index is 441. The molecule has 0 bridgehead atoms. The molecule has 0 amide bonds. The fraction of sp³-hybridized carbons (Fsp3) is 0.417. The van der Waals surface area contributed by atoms with Crippen LogP contribution in [0.1, 0.15) is 30.4 Å². The zero-order chi connectivity index (χ0) is 13.9. The second-order valence-electron chi connectivity index (χ2n) is 3.76. The van der Waals surface area contributed by atoms with Crippen molar-refractivity contribution < 1.29 is 27.8 Å². The summed E-state index contributed by atoms with van der Waals surface area (Å²) in [6.07, 6.45) is -4.22. The Balaban J connectivity index is 3.25. The average molecular weight is 262 g/mol. The number of hydrogen-bond donors (Lipinski definition) is 1. The number of carbonyl (C=O) groups is 1. The first-order chi connectivity index (χ1) is 8.31. The van der Waals surface area contributed by atoms with Gasteiger partial charge in [0.15, 0.2) is 0 Å². The molecule has 1 aromatic carbocycles. The highest BCUT2D eigenvalue weighted by Gasteiger charge is 2.34. The van der Waals surface area contributed by atoms with Crippen molar-refractivity contribution in [3.8, 4) is 5.75 Å². The highest BCUT2D eigenvalue weighted by Crippen LogP contribution is 2.38. The van der Waals surface area contributed by atoms with Gasteiger partial charge in [-0.1, -0.05) is 13.0 Å². The zero-order valence-electron chi connectivity index (χ0n) is 9.91. The van der Waals surface area contributed by atoms with Crippen LogP contribution in [0.15, 0.2) is 18.2 Å². The summed E-state index contributed by atoms with van der Waals surface area (Å²) in [5.74, 6) is -2.26. The minimum Gasteiger partial charge on any atom is -0.496 e. The molecule has 1 atom stereocenters. The molecule has 0 spiro atoms. The van der Waals surface area contributed by atoms with Crippen molar-refractivity contribution in [2.45, 2.75) is 25.4 Å². The first-order valence-electron chi connectivity index (χ1n) is 5.29. The lowest BCUT2D eigenvalue weighted by Crippen LogP contribution is -2.12. The second kappa shape index (κ2) is 5.29. The smallest absolute Gasteiger partial charge is 0.419 e. The van der Waals surface area contributed by atoms with Gasteiger partial charge < -0.3 is 9.84 Å². The fourth-order valence-corrected chi connectivity index (χ4v) is 1.71. The van der Waals surface area contributed by atoms with Crippen molar-refractivity contribution in [2.75, 3.05) is 7.11 Å². The summed E-state index contributed by atoms with van der Waals surface area (Å²) in [4.78, 5) is 10.9. The van der Waals surface area contributed by atoms with Gasteiger partial charge in [0.05, 0.1) is 18.6 Å².